The van der Waals surface area contributed by atoms with Gasteiger partial charge in [-0.05, 0) is 158 Å². The second-order valence-corrected chi connectivity index (χ2v) is 15.0. The third-order valence-electron chi connectivity index (χ3n) is 11.4. The van der Waals surface area contributed by atoms with Crippen LogP contribution in [-0.4, -0.2) is 10.8 Å². The van der Waals surface area contributed by atoms with Gasteiger partial charge in [0.2, 0.25) is 0 Å². The Morgan fingerprint density at radius 1 is 0.763 bits per heavy atom. The van der Waals surface area contributed by atoms with Gasteiger partial charge in [0.05, 0.1) is 11.4 Å². The zero-order valence-corrected chi connectivity index (χ0v) is 36.7. The third kappa shape index (κ3) is 10.1. The molecular weight excluding hydrogens is 713 g/mol. The quantitative estimate of drug-likeness (QED) is 0.0787. The molecule has 300 valence electrons. The summed E-state index contributed by atoms with van der Waals surface area (Å²) >= 11 is 0. The van der Waals surface area contributed by atoms with Gasteiger partial charge in [-0.2, -0.15) is 0 Å². The lowest BCUT2D eigenvalue weighted by atomic mass is 9.88. The Morgan fingerprint density at radius 2 is 1.39 bits per heavy atom. The molecule has 0 amide bonds. The van der Waals surface area contributed by atoms with Gasteiger partial charge in [-0.1, -0.05) is 148 Å². The SMILES string of the molecule is C#C/C(=C\c1c(C)c(C)c(-c2ccc(-c3ccc4c(c3)C=C(C/C=C\C=C)CC4)cc2C)n1-c1ccccc1)c1ccc2c(c1)C=C(C/C=C(/C)C=N)CC2.CC.CC. The van der Waals surface area contributed by atoms with Crippen molar-refractivity contribution < 1.29 is 0 Å². The number of allylic oxidation sites excluding steroid dienone is 8. The van der Waals surface area contributed by atoms with Crippen molar-refractivity contribution in [3.8, 4) is 40.4 Å². The molecule has 2 aliphatic rings. The van der Waals surface area contributed by atoms with Crippen LogP contribution in [0.15, 0.2) is 133 Å². The fourth-order valence-corrected chi connectivity index (χ4v) is 8.04. The lowest BCUT2D eigenvalue weighted by molar-refractivity contribution is 0.898. The van der Waals surface area contributed by atoms with Gasteiger partial charge in [0.15, 0.2) is 0 Å². The first kappa shape index (κ1) is 43.9. The second-order valence-electron chi connectivity index (χ2n) is 15.0. The van der Waals surface area contributed by atoms with Crippen molar-refractivity contribution in [3.05, 3.63) is 183 Å². The first-order valence-electron chi connectivity index (χ1n) is 21.4. The summed E-state index contributed by atoms with van der Waals surface area (Å²) in [5.41, 5.74) is 21.8. The third-order valence-corrected chi connectivity index (χ3v) is 11.4. The van der Waals surface area contributed by atoms with Crippen molar-refractivity contribution in [1.29, 1.82) is 5.41 Å². The predicted molar refractivity (Wildman–Crippen MR) is 260 cm³/mol. The molecule has 0 bridgehead atoms. The molecule has 0 spiro atoms. The lowest BCUT2D eigenvalue weighted by Crippen LogP contribution is -2.02. The van der Waals surface area contributed by atoms with E-state index in [0.29, 0.717) is 0 Å². The molecule has 0 saturated carbocycles. The Balaban J connectivity index is 0.00000160. The normalized spacial score (nSPS) is 13.4. The molecular formula is C57H62N2. The Labute approximate surface area is 355 Å². The Morgan fingerprint density at radius 3 is 2.03 bits per heavy atom. The smallest absolute Gasteiger partial charge is 0.0569 e. The van der Waals surface area contributed by atoms with Crippen LogP contribution in [0.3, 0.4) is 0 Å². The minimum atomic E-state index is 0.862. The molecule has 1 heterocycles. The van der Waals surface area contributed by atoms with Gasteiger partial charge < -0.3 is 9.98 Å². The number of aromatic nitrogens is 1. The fourth-order valence-electron chi connectivity index (χ4n) is 8.04. The van der Waals surface area contributed by atoms with Crippen LogP contribution in [0.25, 0.3) is 51.9 Å². The molecule has 4 aromatic carbocycles. The number of nitrogens with one attached hydrogen (secondary N) is 1. The van der Waals surface area contributed by atoms with E-state index in [9.17, 15) is 0 Å². The van der Waals surface area contributed by atoms with Crippen molar-refractivity contribution in [3.63, 3.8) is 0 Å². The van der Waals surface area contributed by atoms with Crippen LogP contribution in [-0.2, 0) is 12.8 Å². The molecule has 1 N–H and O–H groups in total. The van der Waals surface area contributed by atoms with Crippen LogP contribution in [0.2, 0.25) is 0 Å². The molecule has 7 rings (SSSR count). The summed E-state index contributed by atoms with van der Waals surface area (Å²) < 4.78 is 2.39. The van der Waals surface area contributed by atoms with Crippen LogP contribution >= 0.6 is 0 Å². The average Bonchev–Trinajstić information content (AvgIpc) is 3.53. The van der Waals surface area contributed by atoms with Crippen LogP contribution in [0, 0.1) is 38.5 Å². The highest BCUT2D eigenvalue weighted by Crippen LogP contribution is 2.39. The maximum Gasteiger partial charge on any atom is 0.0569 e. The molecule has 59 heavy (non-hydrogen) atoms. The topological polar surface area (TPSA) is 28.8 Å². The van der Waals surface area contributed by atoms with Gasteiger partial charge in [-0.3, -0.25) is 0 Å². The summed E-state index contributed by atoms with van der Waals surface area (Å²) in [5.74, 6) is 3.06. The van der Waals surface area contributed by atoms with Gasteiger partial charge in [0.1, 0.15) is 0 Å². The number of aryl methyl sites for hydroxylation is 3. The first-order valence-corrected chi connectivity index (χ1v) is 21.4. The van der Waals surface area contributed by atoms with Crippen molar-refractivity contribution in [1.82, 2.24) is 4.57 Å². The zero-order valence-electron chi connectivity index (χ0n) is 36.7. The molecule has 0 aliphatic heterocycles. The van der Waals surface area contributed by atoms with E-state index in [0.717, 1.165) is 66.6 Å². The Hall–Kier alpha value is -6.17. The summed E-state index contributed by atoms with van der Waals surface area (Å²) in [6.45, 7) is 20.5. The number of nitrogens with zero attached hydrogens (tertiary/aromatic N) is 1. The second kappa shape index (κ2) is 21.0. The molecule has 1 aromatic heterocycles. The summed E-state index contributed by atoms with van der Waals surface area (Å²) in [7, 11) is 0. The zero-order chi connectivity index (χ0) is 42.5. The standard InChI is InChI=1S/C53H50N2.2C2H6/c1-7-9-11-14-40-19-21-43-24-26-47(33-48(43)30-40)45-27-28-51(37(4)29-45)53-39(6)38(5)52(55(53)50-15-12-10-13-16-50)34-42(8-2)46-25-23-44-22-20-41(31-49(44)32-46)18-17-36(3)35-54;2*1-2/h2,7,9-13,15-17,23-35,54H,1,14,18-22H2,3-6H3;2*1-2H3/b11-9-,36-17-,42-34+,54-35?;;. The highest BCUT2D eigenvalue weighted by Gasteiger charge is 2.22. The van der Waals surface area contributed by atoms with Crippen molar-refractivity contribution in [2.24, 2.45) is 0 Å². The maximum absolute atomic E-state index is 7.54. The molecule has 0 fully saturated rings. The number of benzene rings is 4. The number of hydrogen-bond acceptors (Lipinski definition) is 1. The molecule has 0 unspecified atom stereocenters. The predicted octanol–water partition coefficient (Wildman–Crippen LogP) is 15.7. The van der Waals surface area contributed by atoms with Crippen molar-refractivity contribution in [2.45, 2.75) is 93.9 Å². The van der Waals surface area contributed by atoms with E-state index in [1.54, 1.807) is 0 Å². The molecule has 0 atom stereocenters. The largest absolute Gasteiger partial charge is 0.309 e. The molecule has 2 nitrogen and oxygen atoms in total. The fraction of sp³-hybridized carbons (Fsp3) is 0.246. The van der Waals surface area contributed by atoms with E-state index in [4.69, 9.17) is 11.8 Å². The highest BCUT2D eigenvalue weighted by molar-refractivity contribution is 5.93. The van der Waals surface area contributed by atoms with Crippen molar-refractivity contribution in [2.75, 3.05) is 0 Å². The van der Waals surface area contributed by atoms with E-state index >= 15 is 0 Å². The summed E-state index contributed by atoms with van der Waals surface area (Å²) in [4.78, 5) is 0. The highest BCUT2D eigenvalue weighted by atomic mass is 15.0. The van der Waals surface area contributed by atoms with E-state index < -0.39 is 0 Å². The van der Waals surface area contributed by atoms with Crippen LogP contribution < -0.4 is 0 Å². The van der Waals surface area contributed by atoms with Crippen molar-refractivity contribution >= 4 is 30.0 Å². The number of fused-ring (bicyclic) bond motifs is 2. The number of rotatable bonds is 11. The molecule has 2 heteroatoms. The van der Waals surface area contributed by atoms with Crippen LogP contribution in [0.4, 0.5) is 0 Å². The van der Waals surface area contributed by atoms with E-state index in [-0.39, 0.29) is 0 Å². The lowest BCUT2D eigenvalue weighted by Gasteiger charge is -2.18. The molecule has 0 radical (unpaired) electrons. The average molecular weight is 775 g/mol. The monoisotopic (exact) mass is 774 g/mol. The van der Waals surface area contributed by atoms with Crippen LogP contribution in [0.5, 0.6) is 0 Å². The molecule has 5 aromatic rings. The summed E-state index contributed by atoms with van der Waals surface area (Å²) in [5, 5.41) is 7.54. The summed E-state index contributed by atoms with van der Waals surface area (Å²) in [6.07, 6.45) is 29.0. The molecule has 0 saturated heterocycles. The van der Waals surface area contributed by atoms with Gasteiger partial charge in [-0.15, -0.1) is 6.42 Å². The number of para-hydroxylation sites is 1. The van der Waals surface area contributed by atoms with Gasteiger partial charge in [0.25, 0.3) is 0 Å². The summed E-state index contributed by atoms with van der Waals surface area (Å²) in [6, 6.07) is 31.2. The van der Waals surface area contributed by atoms with Gasteiger partial charge in [0, 0.05) is 23.0 Å². The van der Waals surface area contributed by atoms with E-state index in [1.165, 1.54) is 78.7 Å². The Kier molecular flexibility index (Phi) is 15.7. The number of hydrogen-bond donors (Lipinski definition) is 1. The Bertz CT molecular complexity index is 2500. The van der Waals surface area contributed by atoms with E-state index in [2.05, 4.69) is 153 Å². The number of terminal acetylenes is 1. The van der Waals surface area contributed by atoms with Gasteiger partial charge >= 0.3 is 0 Å². The van der Waals surface area contributed by atoms with E-state index in [1.807, 2.05) is 46.8 Å². The first-order chi connectivity index (χ1) is 28.8. The molecule has 2 aliphatic carbocycles. The maximum atomic E-state index is 7.54. The minimum absolute atomic E-state index is 0.862. The minimum Gasteiger partial charge on any atom is -0.309 e. The van der Waals surface area contributed by atoms with Crippen LogP contribution in [0.1, 0.15) is 111 Å². The van der Waals surface area contributed by atoms with Gasteiger partial charge in [-0.25, -0.2) is 0 Å².